The lowest BCUT2D eigenvalue weighted by atomic mass is 10.2. The minimum Gasteiger partial charge on any atom is -0.449 e. The smallest absolute Gasteiger partial charge is 0.340 e. The van der Waals surface area contributed by atoms with Gasteiger partial charge < -0.3 is 9.64 Å². The van der Waals surface area contributed by atoms with Crippen molar-refractivity contribution in [3.8, 4) is 0 Å². The van der Waals surface area contributed by atoms with Crippen LogP contribution in [0.4, 0.5) is 0 Å². The van der Waals surface area contributed by atoms with Gasteiger partial charge in [0.25, 0.3) is 5.91 Å². The molecule has 2 unspecified atom stereocenters. The number of carbonyl (C=O) groups is 2. The second-order valence-corrected chi connectivity index (χ2v) is 8.04. The largest absolute Gasteiger partial charge is 0.449 e. The Hall–Kier alpha value is -1.67. The molecule has 0 spiro atoms. The van der Waals surface area contributed by atoms with E-state index in [0.29, 0.717) is 6.42 Å². The third kappa shape index (κ3) is 4.42. The minimum atomic E-state index is -3.09. The van der Waals surface area contributed by atoms with Crippen LogP contribution >= 0.6 is 11.6 Å². The number of sulfone groups is 1. The number of halogens is 1. The molecule has 2 rings (SSSR count). The zero-order valence-corrected chi connectivity index (χ0v) is 14.3. The number of esters is 1. The number of amides is 1. The number of nitrogens with zero attached hydrogens (tertiary/aromatic N) is 2. The molecule has 1 fully saturated rings. The van der Waals surface area contributed by atoms with Gasteiger partial charge >= 0.3 is 5.97 Å². The maximum Gasteiger partial charge on any atom is 0.340 e. The molecule has 9 heteroatoms. The molecule has 0 aromatic carbocycles. The fraction of sp³-hybridized carbons (Fsp3) is 0.500. The van der Waals surface area contributed by atoms with E-state index in [1.54, 1.807) is 0 Å². The van der Waals surface area contributed by atoms with Gasteiger partial charge in [0, 0.05) is 19.3 Å². The van der Waals surface area contributed by atoms with Gasteiger partial charge in [-0.05, 0) is 25.5 Å². The maximum atomic E-state index is 12.3. The van der Waals surface area contributed by atoms with Crippen LogP contribution in [0.15, 0.2) is 18.3 Å². The number of rotatable bonds is 4. The molecule has 0 saturated carbocycles. The van der Waals surface area contributed by atoms with Crippen molar-refractivity contribution in [2.24, 2.45) is 0 Å². The average Bonchev–Trinajstić information content (AvgIpc) is 2.86. The van der Waals surface area contributed by atoms with Gasteiger partial charge in [-0.15, -0.1) is 0 Å². The molecular weight excluding hydrogens is 344 g/mol. The number of likely N-dealkylation sites (N-methyl/N-ethyl adjacent to an activating group) is 1. The summed E-state index contributed by atoms with van der Waals surface area (Å²) in [6.07, 6.45) is 0.632. The zero-order chi connectivity index (χ0) is 17.2. The van der Waals surface area contributed by atoms with E-state index < -0.39 is 27.8 Å². The van der Waals surface area contributed by atoms with Gasteiger partial charge in [-0.3, -0.25) is 4.79 Å². The van der Waals surface area contributed by atoms with Crippen molar-refractivity contribution < 1.29 is 22.7 Å². The Labute approximate surface area is 139 Å². The van der Waals surface area contributed by atoms with Crippen molar-refractivity contribution >= 4 is 33.3 Å². The standard InChI is InChI=1S/C14H17ClN2O5S/c1-9(22-14(19)10-3-4-12(15)16-7-10)13(18)17(2)11-5-6-23(20,21)8-11/h3-4,7,9,11H,5-6,8H2,1-2H3. The summed E-state index contributed by atoms with van der Waals surface area (Å²) in [6.45, 7) is 1.45. The number of pyridine rings is 1. The fourth-order valence-corrected chi connectivity index (χ4v) is 4.21. The van der Waals surface area contributed by atoms with Gasteiger partial charge in [-0.2, -0.15) is 0 Å². The molecule has 1 aliphatic rings. The lowest BCUT2D eigenvalue weighted by molar-refractivity contribution is -0.140. The molecular formula is C14H17ClN2O5S. The quantitative estimate of drug-likeness (QED) is 0.585. The van der Waals surface area contributed by atoms with Crippen LogP contribution < -0.4 is 0 Å². The highest BCUT2D eigenvalue weighted by atomic mass is 35.5. The van der Waals surface area contributed by atoms with Gasteiger partial charge in [-0.1, -0.05) is 11.6 Å². The normalized spacial score (nSPS) is 20.7. The van der Waals surface area contributed by atoms with E-state index in [0.717, 1.165) is 0 Å². The van der Waals surface area contributed by atoms with Crippen LogP contribution in [0.5, 0.6) is 0 Å². The zero-order valence-electron chi connectivity index (χ0n) is 12.7. The van der Waals surface area contributed by atoms with Crippen molar-refractivity contribution in [2.75, 3.05) is 18.6 Å². The predicted molar refractivity (Wildman–Crippen MR) is 84.0 cm³/mol. The van der Waals surface area contributed by atoms with Crippen LogP contribution in [0, 0.1) is 0 Å². The summed E-state index contributed by atoms with van der Waals surface area (Å²) in [5, 5.41) is 0.243. The summed E-state index contributed by atoms with van der Waals surface area (Å²) in [5.74, 6) is -1.12. The van der Waals surface area contributed by atoms with E-state index in [1.165, 1.54) is 37.2 Å². The summed E-state index contributed by atoms with van der Waals surface area (Å²) in [4.78, 5) is 29.3. The highest BCUT2D eigenvalue weighted by Crippen LogP contribution is 2.18. The van der Waals surface area contributed by atoms with E-state index in [-0.39, 0.29) is 28.3 Å². The number of ether oxygens (including phenoxy) is 1. The predicted octanol–water partition coefficient (Wildman–Crippen LogP) is 0.926. The van der Waals surface area contributed by atoms with Gasteiger partial charge in [0.05, 0.1) is 17.1 Å². The van der Waals surface area contributed by atoms with Crippen molar-refractivity contribution in [3.63, 3.8) is 0 Å². The summed E-state index contributed by atoms with van der Waals surface area (Å²) >= 11 is 5.64. The highest BCUT2D eigenvalue weighted by Gasteiger charge is 2.35. The molecule has 7 nitrogen and oxygen atoms in total. The minimum absolute atomic E-state index is 0.0585. The Balaban J connectivity index is 1.97. The van der Waals surface area contributed by atoms with Crippen LogP contribution in [0.3, 0.4) is 0 Å². The third-order valence-electron chi connectivity index (χ3n) is 3.70. The van der Waals surface area contributed by atoms with Crippen LogP contribution in [-0.2, 0) is 19.4 Å². The lowest BCUT2D eigenvalue weighted by Crippen LogP contribution is -2.44. The van der Waals surface area contributed by atoms with Crippen molar-refractivity contribution in [3.05, 3.63) is 29.0 Å². The maximum absolute atomic E-state index is 12.3. The number of aromatic nitrogens is 1. The first-order chi connectivity index (χ1) is 10.7. The van der Waals surface area contributed by atoms with Crippen LogP contribution in [-0.4, -0.2) is 60.9 Å². The molecule has 1 amide bonds. The lowest BCUT2D eigenvalue weighted by Gasteiger charge is -2.26. The van der Waals surface area contributed by atoms with Gasteiger partial charge in [0.2, 0.25) is 0 Å². The number of carbonyl (C=O) groups excluding carboxylic acids is 2. The first-order valence-electron chi connectivity index (χ1n) is 6.99. The molecule has 1 aromatic heterocycles. The molecule has 126 valence electrons. The fourth-order valence-electron chi connectivity index (χ4n) is 2.32. The second kappa shape index (κ2) is 6.84. The SMILES string of the molecule is CC(OC(=O)c1ccc(Cl)nc1)C(=O)N(C)C1CCS(=O)(=O)C1. The first kappa shape index (κ1) is 17.7. The summed E-state index contributed by atoms with van der Waals surface area (Å²) in [7, 11) is -1.58. The molecule has 0 aliphatic carbocycles. The Morgan fingerprint density at radius 3 is 2.65 bits per heavy atom. The molecule has 1 aromatic rings. The summed E-state index contributed by atoms with van der Waals surface area (Å²) in [6, 6.07) is 2.51. The van der Waals surface area contributed by atoms with Gasteiger partial charge in [-0.25, -0.2) is 18.2 Å². The van der Waals surface area contributed by atoms with E-state index >= 15 is 0 Å². The molecule has 23 heavy (non-hydrogen) atoms. The molecule has 0 bridgehead atoms. The molecule has 1 aliphatic heterocycles. The van der Waals surface area contributed by atoms with Crippen LogP contribution in [0.1, 0.15) is 23.7 Å². The molecule has 2 heterocycles. The van der Waals surface area contributed by atoms with E-state index in [4.69, 9.17) is 16.3 Å². The Morgan fingerprint density at radius 1 is 1.43 bits per heavy atom. The van der Waals surface area contributed by atoms with E-state index in [1.807, 2.05) is 0 Å². The number of hydrogen-bond donors (Lipinski definition) is 0. The topological polar surface area (TPSA) is 93.6 Å². The molecule has 0 radical (unpaired) electrons. The molecule has 0 N–H and O–H groups in total. The Kier molecular flexibility index (Phi) is 5.26. The average molecular weight is 361 g/mol. The van der Waals surface area contributed by atoms with Crippen LogP contribution in [0.2, 0.25) is 5.15 Å². The first-order valence-corrected chi connectivity index (χ1v) is 9.19. The second-order valence-electron chi connectivity index (χ2n) is 5.42. The van der Waals surface area contributed by atoms with Crippen molar-refractivity contribution in [1.82, 2.24) is 9.88 Å². The van der Waals surface area contributed by atoms with Gasteiger partial charge in [0.15, 0.2) is 15.9 Å². The molecule has 1 saturated heterocycles. The van der Waals surface area contributed by atoms with Crippen molar-refractivity contribution in [1.29, 1.82) is 0 Å². The number of hydrogen-bond acceptors (Lipinski definition) is 6. The highest BCUT2D eigenvalue weighted by molar-refractivity contribution is 7.91. The Bertz CT molecular complexity index is 704. The third-order valence-corrected chi connectivity index (χ3v) is 5.67. The van der Waals surface area contributed by atoms with E-state index in [9.17, 15) is 18.0 Å². The van der Waals surface area contributed by atoms with E-state index in [2.05, 4.69) is 4.98 Å². The monoisotopic (exact) mass is 360 g/mol. The summed E-state index contributed by atoms with van der Waals surface area (Å²) in [5.41, 5.74) is 0.181. The molecule has 2 atom stereocenters. The summed E-state index contributed by atoms with van der Waals surface area (Å²) < 4.78 is 28.1. The van der Waals surface area contributed by atoms with Crippen molar-refractivity contribution in [2.45, 2.75) is 25.5 Å². The van der Waals surface area contributed by atoms with Crippen LogP contribution in [0.25, 0.3) is 0 Å². The van der Waals surface area contributed by atoms with Gasteiger partial charge in [0.1, 0.15) is 5.15 Å². The Morgan fingerprint density at radius 2 is 2.13 bits per heavy atom.